The first-order valence-corrected chi connectivity index (χ1v) is 12.5. The quantitative estimate of drug-likeness (QED) is 0.325. The molecule has 5 nitrogen and oxygen atoms in total. The molecule has 0 saturated heterocycles. The lowest BCUT2D eigenvalue weighted by molar-refractivity contribution is -0.152. The number of hydrogen-bond acceptors (Lipinski definition) is 4. The Labute approximate surface area is 207 Å². The van der Waals surface area contributed by atoms with Crippen molar-refractivity contribution in [2.45, 2.75) is 45.1 Å². The lowest BCUT2D eigenvalue weighted by atomic mass is 9.83. The highest BCUT2D eigenvalue weighted by atomic mass is 79.9. The van der Waals surface area contributed by atoms with E-state index in [2.05, 4.69) is 27.8 Å². The molecule has 2 fully saturated rings. The molecule has 5 rings (SSSR count). The fraction of sp³-hybridized carbons (Fsp3) is 0.321. The predicted molar refractivity (Wildman–Crippen MR) is 136 cm³/mol. The highest BCUT2D eigenvalue weighted by Crippen LogP contribution is 2.60. The SMILES string of the molecule is C=C1C2(NC(=O)c3c(C)c(-c4ccccc4)nc4ccc(Br)cc34)CCC1(C(=O)OCC)CC2. The maximum Gasteiger partial charge on any atom is 0.316 e. The second-order valence-corrected chi connectivity index (χ2v) is 10.2. The van der Waals surface area contributed by atoms with Gasteiger partial charge in [0.25, 0.3) is 5.91 Å². The van der Waals surface area contributed by atoms with Gasteiger partial charge in [-0.25, -0.2) is 4.98 Å². The molecule has 0 radical (unpaired) electrons. The van der Waals surface area contributed by atoms with E-state index >= 15 is 0 Å². The number of fused-ring (bicyclic) bond motifs is 3. The van der Waals surface area contributed by atoms with Crippen LogP contribution in [0.4, 0.5) is 0 Å². The lowest BCUT2D eigenvalue weighted by Crippen LogP contribution is -2.46. The number of carbonyl (C=O) groups is 2. The summed E-state index contributed by atoms with van der Waals surface area (Å²) in [6.07, 6.45) is 2.69. The van der Waals surface area contributed by atoms with Gasteiger partial charge in [0.1, 0.15) is 0 Å². The third kappa shape index (κ3) is 3.38. The number of amides is 1. The molecule has 2 saturated carbocycles. The van der Waals surface area contributed by atoms with Crippen molar-refractivity contribution in [2.75, 3.05) is 6.61 Å². The molecule has 0 aliphatic heterocycles. The topological polar surface area (TPSA) is 68.3 Å². The van der Waals surface area contributed by atoms with Gasteiger partial charge in [0.05, 0.1) is 34.3 Å². The van der Waals surface area contributed by atoms with Crippen LogP contribution in [0.2, 0.25) is 0 Å². The molecule has 1 N–H and O–H groups in total. The molecule has 1 amide bonds. The second kappa shape index (κ2) is 8.35. The smallest absolute Gasteiger partial charge is 0.316 e. The number of halogens is 1. The summed E-state index contributed by atoms with van der Waals surface area (Å²) in [5.41, 5.74) is 3.44. The zero-order valence-corrected chi connectivity index (χ0v) is 21.0. The van der Waals surface area contributed by atoms with E-state index in [0.717, 1.165) is 37.8 Å². The lowest BCUT2D eigenvalue weighted by Gasteiger charge is -2.29. The summed E-state index contributed by atoms with van der Waals surface area (Å²) in [4.78, 5) is 31.6. The maximum absolute atomic E-state index is 13.9. The van der Waals surface area contributed by atoms with Crippen LogP contribution < -0.4 is 5.32 Å². The van der Waals surface area contributed by atoms with Gasteiger partial charge in [-0.2, -0.15) is 0 Å². The first-order chi connectivity index (χ1) is 16.3. The molecule has 2 aromatic carbocycles. The summed E-state index contributed by atoms with van der Waals surface area (Å²) in [6.45, 7) is 8.40. The molecule has 6 heteroatoms. The highest BCUT2D eigenvalue weighted by Gasteiger charge is 2.62. The van der Waals surface area contributed by atoms with Crippen LogP contribution in [0.3, 0.4) is 0 Å². The van der Waals surface area contributed by atoms with Crippen molar-refractivity contribution in [3.8, 4) is 11.3 Å². The van der Waals surface area contributed by atoms with Gasteiger partial charge in [0.2, 0.25) is 0 Å². The third-order valence-corrected chi connectivity index (χ3v) is 8.09. The van der Waals surface area contributed by atoms with Crippen molar-refractivity contribution in [1.82, 2.24) is 10.3 Å². The Morgan fingerprint density at radius 2 is 1.82 bits per heavy atom. The monoisotopic (exact) mass is 518 g/mol. The van der Waals surface area contributed by atoms with Crippen molar-refractivity contribution in [1.29, 1.82) is 0 Å². The third-order valence-electron chi connectivity index (χ3n) is 7.60. The molecule has 1 aromatic heterocycles. The van der Waals surface area contributed by atoms with E-state index in [-0.39, 0.29) is 11.9 Å². The molecule has 0 spiro atoms. The van der Waals surface area contributed by atoms with Gasteiger partial charge in [-0.1, -0.05) is 52.8 Å². The average molecular weight is 519 g/mol. The standard InChI is InChI=1S/C28H27BrN2O3/c1-4-34-26(33)27-12-14-28(15-13-27,18(27)3)31-25(32)23-17(2)24(19-8-6-5-7-9-19)30-22-11-10-20(29)16-21(22)23/h5-11,16H,3-4,12-15H2,1-2H3,(H,31,32). The average Bonchev–Trinajstić information content (AvgIpc) is 3.26. The summed E-state index contributed by atoms with van der Waals surface area (Å²) < 4.78 is 6.26. The van der Waals surface area contributed by atoms with Gasteiger partial charge in [0.15, 0.2) is 0 Å². The molecule has 174 valence electrons. The Kier molecular flexibility index (Phi) is 5.59. The Bertz CT molecular complexity index is 1320. The van der Waals surface area contributed by atoms with Gasteiger partial charge >= 0.3 is 5.97 Å². The number of rotatable bonds is 5. The number of ether oxygens (including phenoxy) is 1. The molecule has 3 aromatic rings. The molecule has 34 heavy (non-hydrogen) atoms. The fourth-order valence-electron chi connectivity index (χ4n) is 5.74. The number of aromatic nitrogens is 1. The van der Waals surface area contributed by atoms with Crippen LogP contribution >= 0.6 is 15.9 Å². The number of pyridine rings is 1. The van der Waals surface area contributed by atoms with E-state index in [9.17, 15) is 9.59 Å². The Hall–Kier alpha value is -2.99. The van der Waals surface area contributed by atoms with Crippen molar-refractivity contribution >= 4 is 38.7 Å². The zero-order chi connectivity index (χ0) is 24.1. The number of esters is 1. The van der Waals surface area contributed by atoms with Crippen LogP contribution in [0.1, 0.15) is 48.5 Å². The van der Waals surface area contributed by atoms with Gasteiger partial charge in [-0.3, -0.25) is 9.59 Å². The van der Waals surface area contributed by atoms with Crippen LogP contribution in [-0.2, 0) is 9.53 Å². The van der Waals surface area contributed by atoms with Gasteiger partial charge in [-0.05, 0) is 68.9 Å². The summed E-state index contributed by atoms with van der Waals surface area (Å²) in [5.74, 6) is -0.377. The number of nitrogens with one attached hydrogen (secondary N) is 1. The van der Waals surface area contributed by atoms with E-state index < -0.39 is 11.0 Å². The fourth-order valence-corrected chi connectivity index (χ4v) is 6.10. The molecule has 2 aliphatic carbocycles. The van der Waals surface area contributed by atoms with Crippen molar-refractivity contribution in [3.63, 3.8) is 0 Å². The van der Waals surface area contributed by atoms with E-state index in [1.54, 1.807) is 0 Å². The number of benzene rings is 2. The van der Waals surface area contributed by atoms with E-state index in [4.69, 9.17) is 9.72 Å². The Morgan fingerprint density at radius 3 is 2.50 bits per heavy atom. The largest absolute Gasteiger partial charge is 0.465 e. The van der Waals surface area contributed by atoms with E-state index in [0.29, 0.717) is 37.9 Å². The molecule has 1 heterocycles. The van der Waals surface area contributed by atoms with Gasteiger partial charge in [-0.15, -0.1) is 0 Å². The highest BCUT2D eigenvalue weighted by molar-refractivity contribution is 9.10. The minimum absolute atomic E-state index is 0.164. The second-order valence-electron chi connectivity index (χ2n) is 9.31. The summed E-state index contributed by atoms with van der Waals surface area (Å²) >= 11 is 3.55. The Morgan fingerprint density at radius 1 is 1.12 bits per heavy atom. The van der Waals surface area contributed by atoms with E-state index in [1.807, 2.05) is 62.4 Å². The molecule has 2 bridgehead atoms. The van der Waals surface area contributed by atoms with E-state index in [1.165, 1.54) is 0 Å². The van der Waals surface area contributed by atoms with Crippen molar-refractivity contribution in [3.05, 3.63) is 76.3 Å². The number of hydrogen-bond donors (Lipinski definition) is 1. The first kappa shape index (κ1) is 22.8. The zero-order valence-electron chi connectivity index (χ0n) is 19.4. The van der Waals surface area contributed by atoms with Crippen LogP contribution in [0.25, 0.3) is 22.2 Å². The number of carbonyl (C=O) groups excluding carboxylic acids is 2. The molecule has 0 atom stereocenters. The molecule has 2 aliphatic rings. The number of nitrogens with zero attached hydrogens (tertiary/aromatic N) is 1. The normalized spacial score (nSPS) is 23.3. The first-order valence-electron chi connectivity index (χ1n) is 11.7. The summed E-state index contributed by atoms with van der Waals surface area (Å²) in [7, 11) is 0. The Balaban J connectivity index is 1.58. The summed E-state index contributed by atoms with van der Waals surface area (Å²) in [5, 5.41) is 4.10. The minimum atomic E-state index is -0.684. The molecular weight excluding hydrogens is 492 g/mol. The molecular formula is C28H27BrN2O3. The summed E-state index contributed by atoms with van der Waals surface area (Å²) in [6, 6.07) is 15.7. The van der Waals surface area contributed by atoms with Crippen molar-refractivity contribution in [2.24, 2.45) is 5.41 Å². The van der Waals surface area contributed by atoms with Crippen LogP contribution in [0, 0.1) is 12.3 Å². The predicted octanol–water partition coefficient (Wildman–Crippen LogP) is 6.13. The van der Waals surface area contributed by atoms with Crippen LogP contribution in [-0.4, -0.2) is 29.0 Å². The minimum Gasteiger partial charge on any atom is -0.465 e. The van der Waals surface area contributed by atoms with Crippen LogP contribution in [0.5, 0.6) is 0 Å². The van der Waals surface area contributed by atoms with Crippen LogP contribution in [0.15, 0.2) is 65.2 Å². The molecule has 0 unspecified atom stereocenters. The maximum atomic E-state index is 13.9. The van der Waals surface area contributed by atoms with Gasteiger partial charge < -0.3 is 10.1 Å². The van der Waals surface area contributed by atoms with Gasteiger partial charge in [0, 0.05) is 15.4 Å². The van der Waals surface area contributed by atoms with Crippen molar-refractivity contribution < 1.29 is 14.3 Å².